The second-order valence-corrected chi connectivity index (χ2v) is 13.7. The van der Waals surface area contributed by atoms with Gasteiger partial charge in [0.25, 0.3) is 5.91 Å². The van der Waals surface area contributed by atoms with Gasteiger partial charge in [-0.2, -0.15) is 0 Å². The van der Waals surface area contributed by atoms with Crippen molar-refractivity contribution in [2.45, 2.75) is 46.6 Å². The Balaban J connectivity index is 1.47. The highest BCUT2D eigenvalue weighted by Gasteiger charge is 2.33. The quantitative estimate of drug-likeness (QED) is 0.208. The minimum Gasteiger partial charge on any atom is -0.488 e. The fraction of sp³-hybridized carbons (Fsp3) is 0.273. The second-order valence-electron chi connectivity index (χ2n) is 11.3. The summed E-state index contributed by atoms with van der Waals surface area (Å²) in [7, 11) is 0. The molecule has 8 heteroatoms. The lowest BCUT2D eigenvalue weighted by Gasteiger charge is -2.33. The molecule has 0 radical (unpaired) electrons. The Morgan fingerprint density at radius 1 is 1.02 bits per heavy atom. The van der Waals surface area contributed by atoms with Crippen molar-refractivity contribution >= 4 is 68.9 Å². The number of carbonyl (C=O) groups is 1. The number of halogens is 3. The van der Waals surface area contributed by atoms with E-state index < -0.39 is 0 Å². The number of ether oxygens (including phenoxy) is 1. The van der Waals surface area contributed by atoms with Crippen LogP contribution in [-0.4, -0.2) is 12.1 Å². The Kier molecular flexibility index (Phi) is 9.10. The van der Waals surface area contributed by atoms with Crippen LogP contribution in [-0.2, 0) is 19.4 Å². The van der Waals surface area contributed by atoms with E-state index in [0.29, 0.717) is 49.6 Å². The van der Waals surface area contributed by atoms with Gasteiger partial charge in [0.15, 0.2) is 0 Å². The molecule has 0 saturated heterocycles. The molecule has 0 spiro atoms. The Morgan fingerprint density at radius 2 is 1.76 bits per heavy atom. The van der Waals surface area contributed by atoms with E-state index in [1.165, 1.54) is 4.88 Å². The first kappa shape index (κ1) is 29.7. The average molecular weight is 626 g/mol. The number of thiophene rings is 1. The third-order valence-corrected chi connectivity index (χ3v) is 9.26. The number of anilines is 1. The van der Waals surface area contributed by atoms with Crippen molar-refractivity contribution in [3.63, 3.8) is 0 Å². The molecule has 41 heavy (non-hydrogen) atoms. The molecule has 0 aliphatic heterocycles. The van der Waals surface area contributed by atoms with Crippen molar-refractivity contribution in [2.75, 3.05) is 5.32 Å². The van der Waals surface area contributed by atoms with Crippen LogP contribution in [0.15, 0.2) is 71.7 Å². The number of benzene rings is 3. The van der Waals surface area contributed by atoms with Crippen molar-refractivity contribution in [3.05, 3.63) is 109 Å². The van der Waals surface area contributed by atoms with Gasteiger partial charge in [0, 0.05) is 37.4 Å². The van der Waals surface area contributed by atoms with Crippen LogP contribution in [0.4, 0.5) is 10.7 Å². The van der Waals surface area contributed by atoms with Crippen LogP contribution in [0.3, 0.4) is 0 Å². The maximum Gasteiger partial charge on any atom is 0.259 e. The number of aliphatic imine (C=N–C) groups is 1. The van der Waals surface area contributed by atoms with E-state index >= 15 is 0 Å². The number of nitrogens with one attached hydrogen (secondary N) is 1. The van der Waals surface area contributed by atoms with Gasteiger partial charge in [0.1, 0.15) is 17.4 Å². The van der Waals surface area contributed by atoms with Crippen LogP contribution in [0.2, 0.25) is 15.1 Å². The first-order valence-corrected chi connectivity index (χ1v) is 15.4. The lowest BCUT2D eigenvalue weighted by molar-refractivity contribution is 0.102. The third kappa shape index (κ3) is 7.34. The van der Waals surface area contributed by atoms with E-state index in [2.05, 4.69) is 26.1 Å². The van der Waals surface area contributed by atoms with Crippen LogP contribution < -0.4 is 10.1 Å². The summed E-state index contributed by atoms with van der Waals surface area (Å²) in [5, 5.41) is 5.56. The van der Waals surface area contributed by atoms with Gasteiger partial charge in [-0.15, -0.1) is 11.3 Å². The van der Waals surface area contributed by atoms with E-state index in [9.17, 15) is 4.79 Å². The zero-order chi connectivity index (χ0) is 29.1. The van der Waals surface area contributed by atoms with Crippen molar-refractivity contribution in [1.82, 2.24) is 0 Å². The van der Waals surface area contributed by atoms with Crippen LogP contribution >= 0.6 is 46.1 Å². The van der Waals surface area contributed by atoms with Gasteiger partial charge < -0.3 is 10.1 Å². The molecule has 1 atom stereocenters. The van der Waals surface area contributed by atoms with Gasteiger partial charge in [-0.25, -0.2) is 4.99 Å². The number of nitrogens with zero attached hydrogens (tertiary/aromatic N) is 1. The lowest BCUT2D eigenvalue weighted by atomic mass is 9.72. The van der Waals surface area contributed by atoms with Crippen LogP contribution in [0.25, 0.3) is 0 Å². The molecule has 1 amide bonds. The highest BCUT2D eigenvalue weighted by atomic mass is 35.5. The van der Waals surface area contributed by atoms with Crippen LogP contribution in [0.5, 0.6) is 5.75 Å². The third-order valence-electron chi connectivity index (χ3n) is 7.38. The monoisotopic (exact) mass is 624 g/mol. The average Bonchev–Trinajstić information content (AvgIpc) is 3.30. The molecule has 5 rings (SSSR count). The van der Waals surface area contributed by atoms with Gasteiger partial charge in [-0.1, -0.05) is 67.7 Å². The maximum absolute atomic E-state index is 13.7. The number of amides is 1. The Bertz CT molecular complexity index is 1590. The summed E-state index contributed by atoms with van der Waals surface area (Å²) >= 11 is 20.1. The molecule has 1 aliphatic rings. The van der Waals surface area contributed by atoms with Gasteiger partial charge in [0.2, 0.25) is 0 Å². The highest BCUT2D eigenvalue weighted by molar-refractivity contribution is 7.16. The molecule has 1 heterocycles. The van der Waals surface area contributed by atoms with Crippen molar-refractivity contribution in [1.29, 1.82) is 0 Å². The molecule has 0 bridgehead atoms. The standard InChI is InChI=1S/C33H31Cl3N2O2S/c1-33(2,3)22-7-13-27-29(17-22)41-32(30(27)31(39)38-26-11-8-23(34)9-12-26)37-18-21-16-25(36)10-14-28(21)40-19-20-5-4-6-24(35)15-20/h4-6,8-12,14-16,18,22H,7,13,17,19H2,1-3H3,(H,38,39)/t22-/m1/s1. The number of hydrogen-bond donors (Lipinski definition) is 1. The fourth-order valence-electron chi connectivity index (χ4n) is 5.03. The van der Waals surface area contributed by atoms with E-state index in [1.807, 2.05) is 36.4 Å². The topological polar surface area (TPSA) is 50.7 Å². The molecule has 0 unspecified atom stereocenters. The second kappa shape index (κ2) is 12.6. The van der Waals surface area contributed by atoms with Gasteiger partial charge in [-0.05, 0) is 96.3 Å². The molecule has 0 fully saturated rings. The molecule has 0 saturated carbocycles. The Labute approximate surface area is 260 Å². The van der Waals surface area contributed by atoms with Gasteiger partial charge in [0.05, 0.1) is 5.56 Å². The molecule has 1 N–H and O–H groups in total. The summed E-state index contributed by atoms with van der Waals surface area (Å²) in [4.78, 5) is 19.8. The van der Waals surface area contributed by atoms with Crippen molar-refractivity contribution in [3.8, 4) is 5.75 Å². The smallest absolute Gasteiger partial charge is 0.259 e. The molecule has 4 aromatic rings. The van der Waals surface area contributed by atoms with Crippen LogP contribution in [0, 0.1) is 11.3 Å². The number of rotatable bonds is 7. The largest absolute Gasteiger partial charge is 0.488 e. The predicted octanol–water partition coefficient (Wildman–Crippen LogP) is 10.4. The summed E-state index contributed by atoms with van der Waals surface area (Å²) in [5.74, 6) is 1.01. The zero-order valence-corrected chi connectivity index (χ0v) is 26.2. The molecule has 4 nitrogen and oxygen atoms in total. The number of hydrogen-bond acceptors (Lipinski definition) is 4. The highest BCUT2D eigenvalue weighted by Crippen LogP contribution is 2.45. The normalized spacial score (nSPS) is 15.1. The number of fused-ring (bicyclic) bond motifs is 1. The molecular weight excluding hydrogens is 595 g/mol. The Morgan fingerprint density at radius 3 is 2.49 bits per heavy atom. The van der Waals surface area contributed by atoms with E-state index in [1.54, 1.807) is 47.9 Å². The molecule has 1 aromatic heterocycles. The SMILES string of the molecule is CC(C)(C)[C@@H]1CCc2c(sc(N=Cc3cc(Cl)ccc3OCc3cccc(Cl)c3)c2C(=O)Nc2ccc(Cl)cc2)C1. The van der Waals surface area contributed by atoms with E-state index in [4.69, 9.17) is 44.5 Å². The van der Waals surface area contributed by atoms with E-state index in [0.717, 1.165) is 36.0 Å². The minimum atomic E-state index is -0.172. The predicted molar refractivity (Wildman–Crippen MR) is 173 cm³/mol. The fourth-order valence-corrected chi connectivity index (χ4v) is 6.82. The van der Waals surface area contributed by atoms with Crippen molar-refractivity contribution in [2.24, 2.45) is 16.3 Å². The van der Waals surface area contributed by atoms with Gasteiger partial charge in [-0.3, -0.25) is 4.79 Å². The summed E-state index contributed by atoms with van der Waals surface area (Å²) < 4.78 is 6.13. The molecule has 1 aliphatic carbocycles. The maximum atomic E-state index is 13.7. The van der Waals surface area contributed by atoms with Gasteiger partial charge >= 0.3 is 0 Å². The zero-order valence-electron chi connectivity index (χ0n) is 23.1. The van der Waals surface area contributed by atoms with Crippen LogP contribution in [0.1, 0.15) is 59.1 Å². The minimum absolute atomic E-state index is 0.172. The van der Waals surface area contributed by atoms with E-state index in [-0.39, 0.29) is 11.3 Å². The molecule has 212 valence electrons. The first-order chi connectivity index (χ1) is 19.6. The first-order valence-electron chi connectivity index (χ1n) is 13.5. The summed E-state index contributed by atoms with van der Waals surface area (Å²) in [5.41, 5.74) is 4.28. The number of carbonyl (C=O) groups excluding carboxylic acids is 1. The summed E-state index contributed by atoms with van der Waals surface area (Å²) in [6.07, 6.45) is 4.55. The Hall–Kier alpha value is -2.83. The molecule has 3 aromatic carbocycles. The summed E-state index contributed by atoms with van der Waals surface area (Å²) in [6.45, 7) is 7.20. The lowest BCUT2D eigenvalue weighted by Crippen LogP contribution is -2.27. The van der Waals surface area contributed by atoms with Crippen molar-refractivity contribution < 1.29 is 9.53 Å². The molecular formula is C33H31Cl3N2O2S. The summed E-state index contributed by atoms with van der Waals surface area (Å²) in [6, 6.07) is 20.1.